The number of aromatic nitrogens is 2. The Kier molecular flexibility index (Phi) is 3.68. The Morgan fingerprint density at radius 3 is 2.75 bits per heavy atom. The second-order valence-electron chi connectivity index (χ2n) is 5.04. The summed E-state index contributed by atoms with van der Waals surface area (Å²) in [6, 6.07) is 12.6. The molecule has 1 N–H and O–H groups in total. The lowest BCUT2D eigenvalue weighted by atomic mass is 10.2. The SMILES string of the molecule is Cc1cn(CCCNc2ccncc2)c2ccccc12. The first-order valence-electron chi connectivity index (χ1n) is 7.03. The number of para-hydroxylation sites is 1. The van der Waals surface area contributed by atoms with Crippen molar-refractivity contribution in [3.05, 3.63) is 60.6 Å². The first-order chi connectivity index (χ1) is 9.84. The van der Waals surface area contributed by atoms with E-state index in [4.69, 9.17) is 0 Å². The number of benzene rings is 1. The third kappa shape index (κ3) is 2.67. The Balaban J connectivity index is 1.60. The number of fused-ring (bicyclic) bond motifs is 1. The molecule has 0 aliphatic heterocycles. The maximum absolute atomic E-state index is 4.01. The maximum Gasteiger partial charge on any atom is 0.0483 e. The van der Waals surface area contributed by atoms with E-state index in [1.807, 2.05) is 24.5 Å². The number of hydrogen-bond donors (Lipinski definition) is 1. The van der Waals surface area contributed by atoms with Crippen LogP contribution in [0.5, 0.6) is 0 Å². The second-order valence-corrected chi connectivity index (χ2v) is 5.04. The van der Waals surface area contributed by atoms with E-state index in [2.05, 4.69) is 52.3 Å². The van der Waals surface area contributed by atoms with Gasteiger partial charge >= 0.3 is 0 Å². The summed E-state index contributed by atoms with van der Waals surface area (Å²) < 4.78 is 2.35. The highest BCUT2D eigenvalue weighted by molar-refractivity contribution is 5.83. The molecule has 3 heteroatoms. The average molecular weight is 265 g/mol. The number of pyridine rings is 1. The number of anilines is 1. The van der Waals surface area contributed by atoms with Crippen LogP contribution in [0.2, 0.25) is 0 Å². The van der Waals surface area contributed by atoms with Crippen molar-refractivity contribution >= 4 is 16.6 Å². The van der Waals surface area contributed by atoms with Gasteiger partial charge in [-0.1, -0.05) is 18.2 Å². The molecular formula is C17H19N3. The lowest BCUT2D eigenvalue weighted by Crippen LogP contribution is -2.06. The third-order valence-corrected chi connectivity index (χ3v) is 3.57. The highest BCUT2D eigenvalue weighted by Gasteiger charge is 2.03. The first-order valence-corrected chi connectivity index (χ1v) is 7.03. The molecule has 0 aliphatic carbocycles. The van der Waals surface area contributed by atoms with Gasteiger partial charge in [0.15, 0.2) is 0 Å². The zero-order chi connectivity index (χ0) is 13.8. The molecule has 3 rings (SSSR count). The van der Waals surface area contributed by atoms with E-state index in [1.165, 1.54) is 16.5 Å². The van der Waals surface area contributed by atoms with Crippen LogP contribution in [-0.2, 0) is 6.54 Å². The molecule has 0 saturated heterocycles. The molecule has 0 bridgehead atoms. The molecule has 0 atom stereocenters. The van der Waals surface area contributed by atoms with Crippen LogP contribution in [0.4, 0.5) is 5.69 Å². The Bertz CT molecular complexity index is 686. The molecule has 2 aromatic heterocycles. The van der Waals surface area contributed by atoms with Gasteiger partial charge in [-0.15, -0.1) is 0 Å². The zero-order valence-electron chi connectivity index (χ0n) is 11.7. The van der Waals surface area contributed by atoms with Crippen molar-refractivity contribution in [3.8, 4) is 0 Å². The van der Waals surface area contributed by atoms with Gasteiger partial charge in [0.1, 0.15) is 0 Å². The Morgan fingerprint density at radius 2 is 1.90 bits per heavy atom. The fourth-order valence-corrected chi connectivity index (χ4v) is 2.57. The van der Waals surface area contributed by atoms with Gasteiger partial charge in [0.25, 0.3) is 0 Å². The van der Waals surface area contributed by atoms with E-state index in [0.717, 1.165) is 25.2 Å². The summed E-state index contributed by atoms with van der Waals surface area (Å²) in [5, 5.41) is 4.77. The standard InChI is InChI=1S/C17H19N3/c1-14-13-20(17-6-3-2-5-16(14)17)12-4-9-19-15-7-10-18-11-8-15/h2-3,5-8,10-11,13H,4,9,12H2,1H3,(H,18,19). The van der Waals surface area contributed by atoms with Crippen LogP contribution in [0, 0.1) is 6.92 Å². The first kappa shape index (κ1) is 12.7. The lowest BCUT2D eigenvalue weighted by Gasteiger charge is -2.07. The average Bonchev–Trinajstić information content (AvgIpc) is 2.82. The predicted molar refractivity (Wildman–Crippen MR) is 84.0 cm³/mol. The van der Waals surface area contributed by atoms with Crippen molar-refractivity contribution in [2.75, 3.05) is 11.9 Å². The van der Waals surface area contributed by atoms with Gasteiger partial charge in [0, 0.05) is 48.3 Å². The molecule has 0 saturated carbocycles. The fourth-order valence-electron chi connectivity index (χ4n) is 2.57. The topological polar surface area (TPSA) is 29.9 Å². The molecule has 3 nitrogen and oxygen atoms in total. The monoisotopic (exact) mass is 265 g/mol. The van der Waals surface area contributed by atoms with E-state index in [9.17, 15) is 0 Å². The predicted octanol–water partition coefficient (Wildman–Crippen LogP) is 3.85. The van der Waals surface area contributed by atoms with E-state index < -0.39 is 0 Å². The number of hydrogen-bond acceptors (Lipinski definition) is 2. The molecule has 1 aromatic carbocycles. The van der Waals surface area contributed by atoms with E-state index >= 15 is 0 Å². The van der Waals surface area contributed by atoms with Gasteiger partial charge in [-0.3, -0.25) is 4.98 Å². The van der Waals surface area contributed by atoms with Crippen molar-refractivity contribution < 1.29 is 0 Å². The minimum absolute atomic E-state index is 0.968. The van der Waals surface area contributed by atoms with Crippen LogP contribution in [0.3, 0.4) is 0 Å². The van der Waals surface area contributed by atoms with Crippen molar-refractivity contribution in [2.45, 2.75) is 19.9 Å². The molecule has 0 aliphatic rings. The van der Waals surface area contributed by atoms with Gasteiger partial charge in [0.05, 0.1) is 0 Å². The smallest absolute Gasteiger partial charge is 0.0483 e. The van der Waals surface area contributed by atoms with Crippen LogP contribution in [-0.4, -0.2) is 16.1 Å². The second kappa shape index (κ2) is 5.78. The van der Waals surface area contributed by atoms with Gasteiger partial charge in [-0.05, 0) is 37.1 Å². The Labute approximate surface area is 119 Å². The largest absolute Gasteiger partial charge is 0.385 e. The number of nitrogens with zero attached hydrogens (tertiary/aromatic N) is 2. The molecule has 0 radical (unpaired) electrons. The number of nitrogens with one attached hydrogen (secondary N) is 1. The lowest BCUT2D eigenvalue weighted by molar-refractivity contribution is 0.682. The van der Waals surface area contributed by atoms with Crippen molar-refractivity contribution in [3.63, 3.8) is 0 Å². The summed E-state index contributed by atoms with van der Waals surface area (Å²) in [5.74, 6) is 0. The van der Waals surface area contributed by atoms with Gasteiger partial charge in [-0.25, -0.2) is 0 Å². The van der Waals surface area contributed by atoms with Crippen LogP contribution < -0.4 is 5.32 Å². The number of rotatable bonds is 5. The highest BCUT2D eigenvalue weighted by atomic mass is 15.0. The minimum atomic E-state index is 0.968. The minimum Gasteiger partial charge on any atom is -0.385 e. The molecule has 3 aromatic rings. The third-order valence-electron chi connectivity index (χ3n) is 3.57. The van der Waals surface area contributed by atoms with Gasteiger partial charge in [0.2, 0.25) is 0 Å². The Morgan fingerprint density at radius 1 is 1.10 bits per heavy atom. The van der Waals surface area contributed by atoms with E-state index in [-0.39, 0.29) is 0 Å². The van der Waals surface area contributed by atoms with E-state index in [1.54, 1.807) is 0 Å². The summed E-state index contributed by atoms with van der Waals surface area (Å²) in [7, 11) is 0. The molecule has 102 valence electrons. The van der Waals surface area contributed by atoms with Crippen LogP contribution >= 0.6 is 0 Å². The van der Waals surface area contributed by atoms with Crippen molar-refractivity contribution in [2.24, 2.45) is 0 Å². The maximum atomic E-state index is 4.01. The molecule has 2 heterocycles. The van der Waals surface area contributed by atoms with Gasteiger partial charge < -0.3 is 9.88 Å². The van der Waals surface area contributed by atoms with Gasteiger partial charge in [-0.2, -0.15) is 0 Å². The van der Waals surface area contributed by atoms with Crippen molar-refractivity contribution in [1.82, 2.24) is 9.55 Å². The quantitative estimate of drug-likeness (QED) is 0.710. The fraction of sp³-hybridized carbons (Fsp3) is 0.235. The van der Waals surface area contributed by atoms with E-state index in [0.29, 0.717) is 0 Å². The normalized spacial score (nSPS) is 10.8. The van der Waals surface area contributed by atoms with Crippen LogP contribution in [0.25, 0.3) is 10.9 Å². The molecule has 0 fully saturated rings. The Hall–Kier alpha value is -2.29. The molecule has 0 unspecified atom stereocenters. The highest BCUT2D eigenvalue weighted by Crippen LogP contribution is 2.20. The summed E-state index contributed by atoms with van der Waals surface area (Å²) in [4.78, 5) is 4.01. The molecule has 0 amide bonds. The summed E-state index contributed by atoms with van der Waals surface area (Å²) in [5.41, 5.74) is 3.81. The van der Waals surface area contributed by atoms with Crippen LogP contribution in [0.1, 0.15) is 12.0 Å². The summed E-state index contributed by atoms with van der Waals surface area (Å²) in [6.45, 7) is 4.18. The van der Waals surface area contributed by atoms with Crippen LogP contribution in [0.15, 0.2) is 55.0 Å². The molecule has 20 heavy (non-hydrogen) atoms. The number of aryl methyl sites for hydroxylation is 2. The molecule has 0 spiro atoms. The zero-order valence-corrected chi connectivity index (χ0v) is 11.7. The molecular weight excluding hydrogens is 246 g/mol. The summed E-state index contributed by atoms with van der Waals surface area (Å²) in [6.07, 6.45) is 6.97. The summed E-state index contributed by atoms with van der Waals surface area (Å²) >= 11 is 0. The van der Waals surface area contributed by atoms with Crippen molar-refractivity contribution in [1.29, 1.82) is 0 Å².